The lowest BCUT2D eigenvalue weighted by Gasteiger charge is -2.16. The van der Waals surface area contributed by atoms with Crippen LogP contribution in [0.4, 0.5) is 16.5 Å². The Morgan fingerprint density at radius 3 is 2.56 bits per heavy atom. The SMILES string of the molecule is O=C(CSc1nnc(Nc2ccc(Oc3ccccc3)cc2)s1)N1CCc2ccccc21. The Morgan fingerprint density at radius 1 is 0.969 bits per heavy atom. The molecule has 1 aliphatic rings. The second-order valence-electron chi connectivity index (χ2n) is 7.15. The summed E-state index contributed by atoms with van der Waals surface area (Å²) in [4.78, 5) is 14.5. The van der Waals surface area contributed by atoms with Gasteiger partial charge in [-0.1, -0.05) is 59.5 Å². The van der Waals surface area contributed by atoms with E-state index in [-0.39, 0.29) is 5.91 Å². The number of nitrogens with zero attached hydrogens (tertiary/aromatic N) is 3. The van der Waals surface area contributed by atoms with Gasteiger partial charge in [-0.2, -0.15) is 0 Å². The van der Waals surface area contributed by atoms with Gasteiger partial charge in [0.15, 0.2) is 4.34 Å². The molecule has 2 heterocycles. The minimum Gasteiger partial charge on any atom is -0.457 e. The van der Waals surface area contributed by atoms with Crippen LogP contribution in [-0.2, 0) is 11.2 Å². The first kappa shape index (κ1) is 20.5. The van der Waals surface area contributed by atoms with Crippen molar-refractivity contribution in [2.45, 2.75) is 10.8 Å². The fourth-order valence-corrected chi connectivity index (χ4v) is 5.12. The van der Waals surface area contributed by atoms with Crippen molar-refractivity contribution in [3.05, 3.63) is 84.4 Å². The predicted molar refractivity (Wildman–Crippen MR) is 129 cm³/mol. The first-order valence-electron chi connectivity index (χ1n) is 10.2. The van der Waals surface area contributed by atoms with Crippen molar-refractivity contribution in [3.8, 4) is 11.5 Å². The number of aromatic nitrogens is 2. The van der Waals surface area contributed by atoms with Gasteiger partial charge in [0.1, 0.15) is 11.5 Å². The van der Waals surface area contributed by atoms with Crippen LogP contribution in [-0.4, -0.2) is 28.4 Å². The largest absolute Gasteiger partial charge is 0.457 e. The molecule has 160 valence electrons. The number of anilines is 3. The van der Waals surface area contributed by atoms with Gasteiger partial charge >= 0.3 is 0 Å². The number of amides is 1. The third kappa shape index (κ3) is 4.76. The van der Waals surface area contributed by atoms with E-state index < -0.39 is 0 Å². The van der Waals surface area contributed by atoms with Crippen LogP contribution < -0.4 is 15.0 Å². The average molecular weight is 461 g/mol. The average Bonchev–Trinajstić information content (AvgIpc) is 3.46. The lowest BCUT2D eigenvalue weighted by atomic mass is 10.2. The van der Waals surface area contributed by atoms with Crippen molar-refractivity contribution in [2.24, 2.45) is 0 Å². The molecule has 1 aromatic heterocycles. The molecule has 32 heavy (non-hydrogen) atoms. The molecule has 0 saturated carbocycles. The van der Waals surface area contributed by atoms with Gasteiger partial charge in [0.2, 0.25) is 11.0 Å². The fourth-order valence-electron chi connectivity index (χ4n) is 3.47. The van der Waals surface area contributed by atoms with Crippen LogP contribution in [0.1, 0.15) is 5.56 Å². The zero-order valence-electron chi connectivity index (χ0n) is 17.1. The topological polar surface area (TPSA) is 67.3 Å². The Labute approximate surface area is 194 Å². The number of fused-ring (bicyclic) bond motifs is 1. The number of nitrogens with one attached hydrogen (secondary N) is 1. The monoisotopic (exact) mass is 460 g/mol. The molecule has 1 amide bonds. The van der Waals surface area contributed by atoms with E-state index >= 15 is 0 Å². The van der Waals surface area contributed by atoms with Gasteiger partial charge in [-0.3, -0.25) is 4.79 Å². The maximum absolute atomic E-state index is 12.7. The van der Waals surface area contributed by atoms with Gasteiger partial charge in [0.05, 0.1) is 5.75 Å². The molecule has 3 aromatic carbocycles. The standard InChI is InChI=1S/C24H20N4O2S2/c29-22(28-15-14-17-6-4-5-9-21(17)28)16-31-24-27-26-23(32-24)25-18-10-12-20(13-11-18)30-19-7-2-1-3-8-19/h1-13H,14-16H2,(H,25,26). The number of carbonyl (C=O) groups is 1. The highest BCUT2D eigenvalue weighted by atomic mass is 32.2. The summed E-state index contributed by atoms with van der Waals surface area (Å²) in [6.07, 6.45) is 0.911. The fraction of sp³-hybridized carbons (Fsp3) is 0.125. The van der Waals surface area contributed by atoms with E-state index in [0.717, 1.165) is 40.2 Å². The van der Waals surface area contributed by atoms with Crippen LogP contribution in [0.3, 0.4) is 0 Å². The van der Waals surface area contributed by atoms with E-state index in [4.69, 9.17) is 4.74 Å². The number of para-hydroxylation sites is 2. The molecule has 0 radical (unpaired) electrons. The predicted octanol–water partition coefficient (Wildman–Crippen LogP) is 5.76. The molecule has 1 aliphatic heterocycles. The van der Waals surface area contributed by atoms with E-state index in [0.29, 0.717) is 10.9 Å². The van der Waals surface area contributed by atoms with Crippen molar-refractivity contribution in [1.29, 1.82) is 0 Å². The van der Waals surface area contributed by atoms with E-state index in [1.165, 1.54) is 28.7 Å². The Kier molecular flexibility index (Phi) is 6.04. The van der Waals surface area contributed by atoms with Crippen LogP contribution >= 0.6 is 23.1 Å². The van der Waals surface area contributed by atoms with Crippen molar-refractivity contribution < 1.29 is 9.53 Å². The summed E-state index contributed by atoms with van der Waals surface area (Å²) in [5.74, 6) is 2.00. The minimum atomic E-state index is 0.0960. The number of thioether (sulfide) groups is 1. The van der Waals surface area contributed by atoms with E-state index in [1.807, 2.05) is 77.7 Å². The molecular formula is C24H20N4O2S2. The van der Waals surface area contributed by atoms with Crippen LogP contribution in [0.25, 0.3) is 0 Å². The molecule has 0 aliphatic carbocycles. The second-order valence-corrected chi connectivity index (χ2v) is 9.35. The lowest BCUT2D eigenvalue weighted by molar-refractivity contribution is -0.116. The molecule has 1 N–H and O–H groups in total. The highest BCUT2D eigenvalue weighted by Crippen LogP contribution is 2.31. The molecule has 0 saturated heterocycles. The molecule has 0 spiro atoms. The van der Waals surface area contributed by atoms with E-state index in [9.17, 15) is 4.79 Å². The molecule has 0 unspecified atom stereocenters. The summed E-state index contributed by atoms with van der Waals surface area (Å²) >= 11 is 2.85. The van der Waals surface area contributed by atoms with Gasteiger partial charge in [-0.25, -0.2) is 0 Å². The highest BCUT2D eigenvalue weighted by molar-refractivity contribution is 8.01. The Balaban J connectivity index is 1.15. The van der Waals surface area contributed by atoms with Crippen molar-refractivity contribution >= 4 is 45.5 Å². The first-order chi connectivity index (χ1) is 15.7. The summed E-state index contributed by atoms with van der Waals surface area (Å²) in [5, 5.41) is 12.3. The Bertz CT molecular complexity index is 1210. The third-order valence-corrected chi connectivity index (χ3v) is 6.96. The molecule has 0 bridgehead atoms. The molecule has 6 nitrogen and oxygen atoms in total. The number of carbonyl (C=O) groups excluding carboxylic acids is 1. The highest BCUT2D eigenvalue weighted by Gasteiger charge is 2.24. The number of benzene rings is 3. The molecule has 0 fully saturated rings. The summed E-state index contributed by atoms with van der Waals surface area (Å²) in [6, 6.07) is 25.4. The van der Waals surface area contributed by atoms with Crippen LogP contribution in [0, 0.1) is 0 Å². The normalized spacial score (nSPS) is 12.4. The molecule has 8 heteroatoms. The summed E-state index contributed by atoms with van der Waals surface area (Å²) in [7, 11) is 0. The first-order valence-corrected chi connectivity index (χ1v) is 12.0. The Morgan fingerprint density at radius 2 is 1.72 bits per heavy atom. The quantitative estimate of drug-likeness (QED) is 0.354. The van der Waals surface area contributed by atoms with Crippen molar-refractivity contribution in [1.82, 2.24) is 10.2 Å². The second kappa shape index (κ2) is 9.42. The number of ether oxygens (including phenoxy) is 1. The molecule has 4 aromatic rings. The number of rotatable bonds is 7. The van der Waals surface area contributed by atoms with Gasteiger partial charge in [-0.15, -0.1) is 10.2 Å². The third-order valence-electron chi connectivity index (χ3n) is 5.00. The molecule has 5 rings (SSSR count). The van der Waals surface area contributed by atoms with Crippen molar-refractivity contribution in [3.63, 3.8) is 0 Å². The minimum absolute atomic E-state index is 0.0960. The summed E-state index contributed by atoms with van der Waals surface area (Å²) in [5.41, 5.74) is 3.15. The van der Waals surface area contributed by atoms with Gasteiger partial charge in [-0.05, 0) is 54.4 Å². The lowest BCUT2D eigenvalue weighted by Crippen LogP contribution is -2.30. The molecular weight excluding hydrogens is 440 g/mol. The maximum Gasteiger partial charge on any atom is 0.237 e. The van der Waals surface area contributed by atoms with Gasteiger partial charge < -0.3 is 15.0 Å². The molecule has 0 atom stereocenters. The zero-order chi connectivity index (χ0) is 21.8. The smallest absolute Gasteiger partial charge is 0.237 e. The summed E-state index contributed by atoms with van der Waals surface area (Å²) in [6.45, 7) is 0.742. The van der Waals surface area contributed by atoms with E-state index in [2.05, 4.69) is 21.6 Å². The maximum atomic E-state index is 12.7. The van der Waals surface area contributed by atoms with E-state index in [1.54, 1.807) is 0 Å². The van der Waals surface area contributed by atoms with Gasteiger partial charge in [0, 0.05) is 17.9 Å². The van der Waals surface area contributed by atoms with Crippen molar-refractivity contribution in [2.75, 3.05) is 22.5 Å². The summed E-state index contributed by atoms with van der Waals surface area (Å²) < 4.78 is 6.58. The van der Waals surface area contributed by atoms with Crippen LogP contribution in [0.2, 0.25) is 0 Å². The number of hydrogen-bond acceptors (Lipinski definition) is 7. The van der Waals surface area contributed by atoms with Crippen LogP contribution in [0.15, 0.2) is 83.2 Å². The van der Waals surface area contributed by atoms with Crippen LogP contribution in [0.5, 0.6) is 11.5 Å². The number of hydrogen-bond donors (Lipinski definition) is 1. The Hall–Kier alpha value is -3.36. The van der Waals surface area contributed by atoms with Gasteiger partial charge in [0.25, 0.3) is 0 Å². The zero-order valence-corrected chi connectivity index (χ0v) is 18.7.